The van der Waals surface area contributed by atoms with Gasteiger partial charge in [0, 0.05) is 39.2 Å². The third-order valence-corrected chi connectivity index (χ3v) is 10.5. The average Bonchev–Trinajstić information content (AvgIpc) is 3.17. The number of benzene rings is 5. The topological polar surface area (TPSA) is 8.17 Å². The third-order valence-electron chi connectivity index (χ3n) is 10.5. The molecule has 0 bridgehead atoms. The Morgan fingerprint density at radius 2 is 1.37 bits per heavy atom. The molecule has 0 N–H and O–H groups in total. The van der Waals surface area contributed by atoms with Gasteiger partial charge in [0.05, 0.1) is 5.52 Å². The normalized spacial score (nSPS) is 16.2. The van der Waals surface area contributed by atoms with Crippen LogP contribution in [0.1, 0.15) is 55.5 Å². The molecule has 2 nitrogen and oxygen atoms in total. The summed E-state index contributed by atoms with van der Waals surface area (Å²) in [6.45, 7) is 5.00. The third kappa shape index (κ3) is 3.48. The van der Waals surface area contributed by atoms with E-state index in [0.717, 1.165) is 6.42 Å². The van der Waals surface area contributed by atoms with Gasteiger partial charge >= 0.3 is 0 Å². The molecule has 5 aromatic carbocycles. The molecule has 9 rings (SSSR count). The summed E-state index contributed by atoms with van der Waals surface area (Å²) in [7, 11) is 0. The minimum absolute atomic E-state index is 0.0696. The number of fused-ring (bicyclic) bond motifs is 7. The predicted molar refractivity (Wildman–Crippen MR) is 182 cm³/mol. The van der Waals surface area contributed by atoms with E-state index in [2.05, 4.69) is 139 Å². The van der Waals surface area contributed by atoms with Crippen molar-refractivity contribution >= 4 is 51.1 Å². The molecule has 2 aliphatic heterocycles. The molecule has 3 aliphatic rings. The van der Waals surface area contributed by atoms with Crippen LogP contribution in [-0.2, 0) is 18.3 Å². The van der Waals surface area contributed by atoms with Gasteiger partial charge in [0.1, 0.15) is 0 Å². The first-order chi connectivity index (χ1) is 21.1. The zero-order chi connectivity index (χ0) is 28.7. The molecular weight excluding hydrogens is 519 g/mol. The van der Waals surface area contributed by atoms with E-state index in [0.29, 0.717) is 0 Å². The van der Waals surface area contributed by atoms with Gasteiger partial charge in [-0.15, -0.1) is 0 Å². The van der Waals surface area contributed by atoms with E-state index in [1.807, 2.05) is 0 Å². The lowest BCUT2D eigenvalue weighted by Crippen LogP contribution is -2.64. The van der Waals surface area contributed by atoms with Gasteiger partial charge < -0.3 is 9.47 Å². The summed E-state index contributed by atoms with van der Waals surface area (Å²) in [5.74, 6) is 0. The summed E-state index contributed by atoms with van der Waals surface area (Å²) in [5.41, 5.74) is 16.6. The number of nitrogens with zero attached hydrogens (tertiary/aromatic N) is 2. The van der Waals surface area contributed by atoms with Crippen LogP contribution in [0.4, 0.5) is 17.1 Å². The molecule has 208 valence electrons. The minimum Gasteiger partial charge on any atom is -0.313 e. The van der Waals surface area contributed by atoms with Gasteiger partial charge in [-0.25, -0.2) is 0 Å². The fraction of sp³-hybridized carbons (Fsp3) is 0.200. The maximum atomic E-state index is 2.59. The van der Waals surface area contributed by atoms with Crippen molar-refractivity contribution in [1.29, 1.82) is 0 Å². The van der Waals surface area contributed by atoms with E-state index in [1.165, 1.54) is 92.5 Å². The molecule has 6 aromatic rings. The molecule has 0 spiro atoms. The SMILES string of the molecule is CC1(C)c2ccccc2B2c3ccc(-n4c5c(c6ccccc64)CCCCC5)cc3N(c3ccccc3)c3cccc1c32. The number of para-hydroxylation sites is 2. The second-order valence-corrected chi connectivity index (χ2v) is 13.1. The van der Waals surface area contributed by atoms with Gasteiger partial charge in [-0.2, -0.15) is 0 Å². The molecule has 3 heterocycles. The van der Waals surface area contributed by atoms with Crippen molar-refractivity contribution in [3.63, 3.8) is 0 Å². The molecule has 0 fully saturated rings. The van der Waals surface area contributed by atoms with Gasteiger partial charge in [0.15, 0.2) is 0 Å². The largest absolute Gasteiger partial charge is 0.313 e. The summed E-state index contributed by atoms with van der Waals surface area (Å²) in [6.07, 6.45) is 6.17. The van der Waals surface area contributed by atoms with Crippen LogP contribution in [0, 0.1) is 0 Å². The second kappa shape index (κ2) is 9.25. The van der Waals surface area contributed by atoms with Crippen molar-refractivity contribution in [2.45, 2.75) is 51.4 Å². The number of aryl methyl sites for hydroxylation is 1. The molecule has 43 heavy (non-hydrogen) atoms. The standard InChI is InChI=1S/C40H35BN2/c1-40(2)31-18-10-11-20-33(31)41-34-25-24-28(43-35-21-8-4-7-16-29(35)30-17-9-12-22-36(30)43)26-38(34)42(27-14-5-3-6-15-27)37-23-13-19-32(40)39(37)41/h3,5-6,9-15,17-20,22-26H,4,7-8,16,21H2,1-2H3. The van der Waals surface area contributed by atoms with Crippen molar-refractivity contribution in [1.82, 2.24) is 4.57 Å². The average molecular weight is 555 g/mol. The quantitative estimate of drug-likeness (QED) is 0.156. The molecule has 0 atom stereocenters. The van der Waals surface area contributed by atoms with E-state index >= 15 is 0 Å². The van der Waals surface area contributed by atoms with Gasteiger partial charge in [-0.3, -0.25) is 0 Å². The van der Waals surface area contributed by atoms with Gasteiger partial charge in [0.25, 0.3) is 0 Å². The Morgan fingerprint density at radius 1 is 0.605 bits per heavy atom. The Bertz CT molecular complexity index is 2050. The van der Waals surface area contributed by atoms with Crippen LogP contribution < -0.4 is 21.3 Å². The van der Waals surface area contributed by atoms with Gasteiger partial charge in [-0.1, -0.05) is 105 Å². The van der Waals surface area contributed by atoms with Gasteiger partial charge in [0.2, 0.25) is 6.71 Å². The summed E-state index contributed by atoms with van der Waals surface area (Å²) >= 11 is 0. The van der Waals surface area contributed by atoms with Crippen molar-refractivity contribution in [3.05, 3.63) is 138 Å². The molecule has 0 saturated carbocycles. The fourth-order valence-corrected chi connectivity index (χ4v) is 8.60. The van der Waals surface area contributed by atoms with Crippen molar-refractivity contribution in [2.75, 3.05) is 4.90 Å². The number of hydrogen-bond donors (Lipinski definition) is 0. The summed E-state index contributed by atoms with van der Waals surface area (Å²) in [5, 5.41) is 1.43. The lowest BCUT2D eigenvalue weighted by atomic mass is 9.30. The maximum Gasteiger partial charge on any atom is 0.247 e. The Kier molecular flexibility index (Phi) is 5.39. The predicted octanol–water partition coefficient (Wildman–Crippen LogP) is 7.84. The Labute approximate surface area is 254 Å². The van der Waals surface area contributed by atoms with Crippen LogP contribution in [0.25, 0.3) is 16.6 Å². The van der Waals surface area contributed by atoms with Crippen LogP contribution in [0.15, 0.2) is 115 Å². The van der Waals surface area contributed by atoms with Crippen LogP contribution in [0.3, 0.4) is 0 Å². The first kappa shape index (κ1) is 25.0. The lowest BCUT2D eigenvalue weighted by molar-refractivity contribution is 0.646. The van der Waals surface area contributed by atoms with E-state index in [9.17, 15) is 0 Å². The van der Waals surface area contributed by atoms with Crippen molar-refractivity contribution < 1.29 is 0 Å². The monoisotopic (exact) mass is 554 g/mol. The van der Waals surface area contributed by atoms with Crippen LogP contribution in [0.5, 0.6) is 0 Å². The first-order valence-corrected chi connectivity index (χ1v) is 16.0. The van der Waals surface area contributed by atoms with Crippen LogP contribution in [0.2, 0.25) is 0 Å². The van der Waals surface area contributed by atoms with E-state index in [1.54, 1.807) is 5.56 Å². The van der Waals surface area contributed by atoms with Crippen molar-refractivity contribution in [2.24, 2.45) is 0 Å². The molecule has 0 saturated heterocycles. The highest BCUT2D eigenvalue weighted by Gasteiger charge is 2.45. The zero-order valence-electron chi connectivity index (χ0n) is 25.0. The smallest absolute Gasteiger partial charge is 0.247 e. The molecule has 0 amide bonds. The summed E-state index contributed by atoms with van der Waals surface area (Å²) in [6, 6.07) is 43.5. The number of hydrogen-bond acceptors (Lipinski definition) is 1. The lowest BCUT2D eigenvalue weighted by Gasteiger charge is -2.45. The summed E-state index contributed by atoms with van der Waals surface area (Å²) < 4.78 is 2.59. The fourth-order valence-electron chi connectivity index (χ4n) is 8.60. The molecule has 0 unspecified atom stereocenters. The molecular formula is C40H35BN2. The van der Waals surface area contributed by atoms with Gasteiger partial charge in [-0.05, 0) is 89.7 Å². The molecule has 1 aliphatic carbocycles. The Hall–Kier alpha value is -4.50. The number of anilines is 3. The molecule has 0 radical (unpaired) electrons. The summed E-state index contributed by atoms with van der Waals surface area (Å²) in [4.78, 5) is 2.53. The van der Waals surface area contributed by atoms with Crippen LogP contribution >= 0.6 is 0 Å². The van der Waals surface area contributed by atoms with Crippen molar-refractivity contribution in [3.8, 4) is 5.69 Å². The Morgan fingerprint density at radius 3 is 2.28 bits per heavy atom. The second-order valence-electron chi connectivity index (χ2n) is 13.1. The highest BCUT2D eigenvalue weighted by atomic mass is 15.2. The highest BCUT2D eigenvalue weighted by molar-refractivity contribution is 6.99. The zero-order valence-corrected chi connectivity index (χ0v) is 25.0. The molecule has 3 heteroatoms. The van der Waals surface area contributed by atoms with Crippen LogP contribution in [-0.4, -0.2) is 11.3 Å². The van der Waals surface area contributed by atoms with E-state index in [4.69, 9.17) is 0 Å². The first-order valence-electron chi connectivity index (χ1n) is 16.0. The number of rotatable bonds is 2. The maximum absolute atomic E-state index is 2.59. The van der Waals surface area contributed by atoms with E-state index < -0.39 is 0 Å². The van der Waals surface area contributed by atoms with E-state index in [-0.39, 0.29) is 12.1 Å². The number of aromatic nitrogens is 1. The molecule has 1 aromatic heterocycles. The Balaban J connectivity index is 1.35. The highest BCUT2D eigenvalue weighted by Crippen LogP contribution is 2.43. The minimum atomic E-state index is -0.0696.